The highest BCUT2D eigenvalue weighted by atomic mass is 32.2. The van der Waals surface area contributed by atoms with Crippen molar-refractivity contribution in [1.29, 1.82) is 0 Å². The number of aryl methyl sites for hydroxylation is 1. The summed E-state index contributed by atoms with van der Waals surface area (Å²) in [6.07, 6.45) is 1.07. The molecule has 1 heterocycles. The van der Waals surface area contributed by atoms with Gasteiger partial charge in [-0.25, -0.2) is 13.1 Å². The van der Waals surface area contributed by atoms with E-state index in [2.05, 4.69) is 46.1 Å². The van der Waals surface area contributed by atoms with Crippen molar-refractivity contribution < 1.29 is 17.9 Å². The Labute approximate surface area is 178 Å². The van der Waals surface area contributed by atoms with Gasteiger partial charge < -0.3 is 15.0 Å². The van der Waals surface area contributed by atoms with Crippen LogP contribution >= 0.6 is 0 Å². The maximum atomic E-state index is 12.7. The molecule has 0 spiro atoms. The van der Waals surface area contributed by atoms with Gasteiger partial charge in [0.2, 0.25) is 10.0 Å². The van der Waals surface area contributed by atoms with Gasteiger partial charge in [0.05, 0.1) is 17.6 Å². The van der Waals surface area contributed by atoms with Crippen LogP contribution in [0.3, 0.4) is 0 Å². The minimum atomic E-state index is -3.73. The van der Waals surface area contributed by atoms with Crippen molar-refractivity contribution in [2.75, 3.05) is 40.3 Å². The second-order valence-corrected chi connectivity index (χ2v) is 9.25. The van der Waals surface area contributed by atoms with Gasteiger partial charge in [-0.05, 0) is 55.1 Å². The van der Waals surface area contributed by atoms with E-state index >= 15 is 0 Å². The lowest BCUT2D eigenvalue weighted by atomic mass is 9.94. The molecule has 1 fully saturated rings. The van der Waals surface area contributed by atoms with E-state index in [4.69, 9.17) is 4.74 Å². The van der Waals surface area contributed by atoms with Crippen molar-refractivity contribution in [3.63, 3.8) is 0 Å². The number of carbonyl (C=O) groups is 1. The Morgan fingerprint density at radius 2 is 2.00 bits per heavy atom. The normalized spacial score (nSPS) is 17.1. The second-order valence-electron chi connectivity index (χ2n) is 7.48. The highest BCUT2D eigenvalue weighted by Crippen LogP contribution is 2.29. The molecule has 3 rings (SSSR count). The Balaban J connectivity index is 1.60. The number of hydrogen-bond acceptors (Lipinski definition) is 5. The number of amides is 1. The molecule has 1 unspecified atom stereocenters. The largest absolute Gasteiger partial charge is 0.496 e. The van der Waals surface area contributed by atoms with Crippen molar-refractivity contribution in [1.82, 2.24) is 14.9 Å². The Morgan fingerprint density at radius 1 is 1.23 bits per heavy atom. The van der Waals surface area contributed by atoms with Crippen LogP contribution in [0.5, 0.6) is 5.75 Å². The molecule has 1 saturated heterocycles. The average Bonchev–Trinajstić information content (AvgIpc) is 3.21. The van der Waals surface area contributed by atoms with Crippen LogP contribution in [0.2, 0.25) is 0 Å². The summed E-state index contributed by atoms with van der Waals surface area (Å²) in [5.74, 6) is 0.412. The molecule has 162 valence electrons. The van der Waals surface area contributed by atoms with E-state index in [1.54, 1.807) is 0 Å². The van der Waals surface area contributed by atoms with Crippen molar-refractivity contribution in [2.45, 2.75) is 24.2 Å². The van der Waals surface area contributed by atoms with E-state index in [9.17, 15) is 13.2 Å². The molecule has 0 aromatic heterocycles. The van der Waals surface area contributed by atoms with Crippen molar-refractivity contribution >= 4 is 15.9 Å². The van der Waals surface area contributed by atoms with Gasteiger partial charge in [0, 0.05) is 26.7 Å². The lowest BCUT2D eigenvalue weighted by Crippen LogP contribution is -2.34. The quantitative estimate of drug-likeness (QED) is 0.669. The predicted molar refractivity (Wildman–Crippen MR) is 117 cm³/mol. The average molecular weight is 432 g/mol. The number of hydrogen-bond donors (Lipinski definition) is 2. The zero-order valence-electron chi connectivity index (χ0n) is 17.6. The van der Waals surface area contributed by atoms with Gasteiger partial charge in [0.25, 0.3) is 5.91 Å². The number of sulfonamides is 1. The number of methoxy groups -OCH3 is 1. The third-order valence-electron chi connectivity index (χ3n) is 5.57. The lowest BCUT2D eigenvalue weighted by Gasteiger charge is -2.17. The third-order valence-corrected chi connectivity index (χ3v) is 7.03. The monoisotopic (exact) mass is 431 g/mol. The fraction of sp³-hybridized carbons (Fsp3) is 0.409. The molecule has 1 aliphatic heterocycles. The molecule has 2 N–H and O–H groups in total. The van der Waals surface area contributed by atoms with Crippen molar-refractivity contribution in [3.8, 4) is 5.75 Å². The lowest BCUT2D eigenvalue weighted by molar-refractivity contribution is 0.0960. The third kappa shape index (κ3) is 5.00. The zero-order valence-corrected chi connectivity index (χ0v) is 18.5. The van der Waals surface area contributed by atoms with Crippen LogP contribution in [0.25, 0.3) is 0 Å². The van der Waals surface area contributed by atoms with Gasteiger partial charge in [0.15, 0.2) is 0 Å². The Kier molecular flexibility index (Phi) is 7.12. The number of likely N-dealkylation sites (tertiary alicyclic amines) is 1. The van der Waals surface area contributed by atoms with Crippen molar-refractivity contribution in [3.05, 3.63) is 59.2 Å². The van der Waals surface area contributed by atoms with Gasteiger partial charge in [-0.2, -0.15) is 0 Å². The number of nitrogens with zero attached hydrogens (tertiary/aromatic N) is 1. The summed E-state index contributed by atoms with van der Waals surface area (Å²) in [7, 11) is -0.799. The fourth-order valence-electron chi connectivity index (χ4n) is 3.92. The molecule has 1 aliphatic rings. The van der Waals surface area contributed by atoms with E-state index in [0.717, 1.165) is 19.5 Å². The SMILES string of the molecule is CNC(=O)c1cc(S(=O)(=O)NCCN2CCC(c3ccccc3C)C2)ccc1OC. The first-order valence-corrected chi connectivity index (χ1v) is 11.5. The minimum absolute atomic E-state index is 0.0427. The van der Waals surface area contributed by atoms with Crippen LogP contribution < -0.4 is 14.8 Å². The molecule has 2 aromatic carbocycles. The van der Waals surface area contributed by atoms with E-state index in [0.29, 0.717) is 24.8 Å². The summed E-state index contributed by atoms with van der Waals surface area (Å²) in [5, 5.41) is 2.50. The minimum Gasteiger partial charge on any atom is -0.496 e. The summed E-state index contributed by atoms with van der Waals surface area (Å²) >= 11 is 0. The molecule has 7 nitrogen and oxygen atoms in total. The number of rotatable bonds is 8. The summed E-state index contributed by atoms with van der Waals surface area (Å²) < 4.78 is 33.2. The Hall–Kier alpha value is -2.42. The number of carbonyl (C=O) groups excluding carboxylic acids is 1. The molecular weight excluding hydrogens is 402 g/mol. The van der Waals surface area contributed by atoms with Crippen LogP contribution in [0.1, 0.15) is 33.8 Å². The fourth-order valence-corrected chi connectivity index (χ4v) is 4.97. The Morgan fingerprint density at radius 3 is 2.70 bits per heavy atom. The molecule has 0 saturated carbocycles. The van der Waals surface area contributed by atoms with Gasteiger partial charge in [0.1, 0.15) is 5.75 Å². The molecule has 0 aliphatic carbocycles. The maximum Gasteiger partial charge on any atom is 0.254 e. The molecule has 1 amide bonds. The molecule has 0 bridgehead atoms. The van der Waals surface area contributed by atoms with Gasteiger partial charge >= 0.3 is 0 Å². The summed E-state index contributed by atoms with van der Waals surface area (Å²) in [4.78, 5) is 14.3. The molecule has 30 heavy (non-hydrogen) atoms. The Bertz CT molecular complexity index is 1010. The molecule has 8 heteroatoms. The smallest absolute Gasteiger partial charge is 0.254 e. The second kappa shape index (κ2) is 9.59. The summed E-state index contributed by atoms with van der Waals surface area (Å²) in [6.45, 7) is 4.96. The van der Waals surface area contributed by atoms with Crippen LogP contribution in [0, 0.1) is 6.92 Å². The standard InChI is InChI=1S/C22H29N3O4S/c1-16-6-4-5-7-19(16)17-10-12-25(15-17)13-11-24-30(27,28)18-8-9-21(29-3)20(14-18)22(26)23-2/h4-9,14,17,24H,10-13,15H2,1-3H3,(H,23,26). The van der Waals surface area contributed by atoms with Gasteiger partial charge in [-0.3, -0.25) is 4.79 Å². The van der Waals surface area contributed by atoms with Crippen LogP contribution in [-0.4, -0.2) is 59.6 Å². The maximum absolute atomic E-state index is 12.7. The number of ether oxygens (including phenoxy) is 1. The van der Waals surface area contributed by atoms with E-state index in [1.165, 1.54) is 43.5 Å². The molecule has 2 aromatic rings. The predicted octanol–water partition coefficient (Wildman–Crippen LogP) is 2.13. The van der Waals surface area contributed by atoms with E-state index in [1.807, 2.05) is 0 Å². The highest BCUT2D eigenvalue weighted by molar-refractivity contribution is 7.89. The number of nitrogens with one attached hydrogen (secondary N) is 2. The number of benzene rings is 2. The topological polar surface area (TPSA) is 87.7 Å². The molecule has 0 radical (unpaired) electrons. The zero-order chi connectivity index (χ0) is 21.7. The van der Waals surface area contributed by atoms with Gasteiger partial charge in [-0.1, -0.05) is 24.3 Å². The van der Waals surface area contributed by atoms with E-state index < -0.39 is 15.9 Å². The highest BCUT2D eigenvalue weighted by Gasteiger charge is 2.25. The molecule has 1 atom stereocenters. The van der Waals surface area contributed by atoms with Crippen LogP contribution in [0.4, 0.5) is 0 Å². The first kappa shape index (κ1) is 22.3. The van der Waals surface area contributed by atoms with Gasteiger partial charge in [-0.15, -0.1) is 0 Å². The summed E-state index contributed by atoms with van der Waals surface area (Å²) in [5.41, 5.74) is 2.86. The first-order valence-electron chi connectivity index (χ1n) is 10.0. The summed E-state index contributed by atoms with van der Waals surface area (Å²) in [6, 6.07) is 12.7. The first-order chi connectivity index (χ1) is 14.4. The van der Waals surface area contributed by atoms with Crippen molar-refractivity contribution in [2.24, 2.45) is 0 Å². The van der Waals surface area contributed by atoms with E-state index in [-0.39, 0.29) is 10.5 Å². The molecular formula is C22H29N3O4S. The van der Waals surface area contributed by atoms with Crippen LogP contribution in [-0.2, 0) is 10.0 Å². The van der Waals surface area contributed by atoms with Crippen LogP contribution in [0.15, 0.2) is 47.4 Å².